The Morgan fingerprint density at radius 1 is 0.875 bits per heavy atom. The molecule has 2 aliphatic rings. The van der Waals surface area contributed by atoms with Gasteiger partial charge in [-0.3, -0.25) is 9.59 Å². The summed E-state index contributed by atoms with van der Waals surface area (Å²) < 4.78 is 45.8. The lowest BCUT2D eigenvalue weighted by Gasteiger charge is -2.17. The highest BCUT2D eigenvalue weighted by molar-refractivity contribution is 6.02. The molecule has 0 radical (unpaired) electrons. The quantitative estimate of drug-likeness (QED) is 0.121. The van der Waals surface area contributed by atoms with E-state index in [1.54, 1.807) is 30.3 Å². The lowest BCUT2D eigenvalue weighted by atomic mass is 9.93. The molecule has 0 fully saturated rings. The van der Waals surface area contributed by atoms with Gasteiger partial charge in [-0.15, -0.1) is 0 Å². The Bertz CT molecular complexity index is 1800. The summed E-state index contributed by atoms with van der Waals surface area (Å²) in [6, 6.07) is 13.6. The summed E-state index contributed by atoms with van der Waals surface area (Å²) in [6.07, 6.45) is -0.165. The van der Waals surface area contributed by atoms with Gasteiger partial charge in [-0.1, -0.05) is 12.1 Å². The SMILES string of the molecule is Nc1cc(CC(=O)O)ccc1OCCOc1cc(-c2c3cc(F)c(=O)cc-3oc3cc(O)c(F)cc23)ccc1N. The third kappa shape index (κ3) is 5.17. The minimum Gasteiger partial charge on any atom is -0.505 e. The van der Waals surface area contributed by atoms with E-state index in [9.17, 15) is 23.5 Å². The van der Waals surface area contributed by atoms with Gasteiger partial charge < -0.3 is 35.6 Å². The van der Waals surface area contributed by atoms with Gasteiger partial charge in [-0.25, -0.2) is 8.78 Å². The molecule has 3 aromatic carbocycles. The molecule has 0 spiro atoms. The van der Waals surface area contributed by atoms with Gasteiger partial charge in [0.1, 0.15) is 36.1 Å². The number of fused-ring (bicyclic) bond motifs is 2. The van der Waals surface area contributed by atoms with E-state index < -0.39 is 28.8 Å². The highest BCUT2D eigenvalue weighted by Crippen LogP contribution is 2.43. The third-order valence-corrected chi connectivity index (χ3v) is 6.17. The Morgan fingerprint density at radius 3 is 2.35 bits per heavy atom. The molecule has 11 heteroatoms. The summed E-state index contributed by atoms with van der Waals surface area (Å²) in [5.41, 5.74) is 13.4. The van der Waals surface area contributed by atoms with Crippen molar-refractivity contribution in [3.63, 3.8) is 0 Å². The molecule has 1 aliphatic carbocycles. The van der Waals surface area contributed by atoms with Crippen LogP contribution in [0.2, 0.25) is 0 Å². The van der Waals surface area contributed by atoms with Gasteiger partial charge in [0.25, 0.3) is 0 Å². The van der Waals surface area contributed by atoms with Crippen LogP contribution >= 0.6 is 0 Å². The summed E-state index contributed by atoms with van der Waals surface area (Å²) in [5.74, 6) is -2.89. The first-order chi connectivity index (χ1) is 19.1. The summed E-state index contributed by atoms with van der Waals surface area (Å²) in [5, 5.41) is 19.0. The maximum absolute atomic E-state index is 14.4. The van der Waals surface area contributed by atoms with Crippen LogP contribution in [0.25, 0.3) is 33.4 Å². The molecule has 0 aromatic heterocycles. The first-order valence-electron chi connectivity index (χ1n) is 11.9. The molecule has 0 saturated heterocycles. The fraction of sp³-hybridized carbons (Fsp3) is 0.103. The van der Waals surface area contributed by atoms with Gasteiger partial charge in [-0.2, -0.15) is 0 Å². The van der Waals surface area contributed by atoms with Gasteiger partial charge in [0.05, 0.1) is 17.8 Å². The van der Waals surface area contributed by atoms with Crippen molar-refractivity contribution in [3.05, 3.63) is 88.1 Å². The normalized spacial score (nSPS) is 11.2. The number of nitrogen functional groups attached to an aromatic ring is 2. The molecule has 204 valence electrons. The number of aromatic hydroxyl groups is 1. The van der Waals surface area contributed by atoms with E-state index in [1.807, 2.05) is 0 Å². The first kappa shape index (κ1) is 26.3. The molecular weight excluding hydrogens is 526 g/mol. The maximum atomic E-state index is 14.4. The van der Waals surface area contributed by atoms with Crippen LogP contribution in [0.4, 0.5) is 20.2 Å². The Kier molecular flexibility index (Phi) is 6.87. The van der Waals surface area contributed by atoms with Gasteiger partial charge in [-0.05, 0) is 47.5 Å². The third-order valence-electron chi connectivity index (χ3n) is 6.17. The highest BCUT2D eigenvalue weighted by atomic mass is 19.1. The van der Waals surface area contributed by atoms with Crippen LogP contribution in [0.15, 0.2) is 69.9 Å². The second-order valence-corrected chi connectivity index (χ2v) is 8.95. The second-order valence-electron chi connectivity index (χ2n) is 8.95. The molecule has 0 bridgehead atoms. The number of halogens is 2. The predicted molar refractivity (Wildman–Crippen MR) is 144 cm³/mol. The number of nitrogens with two attached hydrogens (primary N) is 2. The van der Waals surface area contributed by atoms with E-state index in [1.165, 1.54) is 6.07 Å². The zero-order valence-corrected chi connectivity index (χ0v) is 20.7. The Labute approximate surface area is 225 Å². The number of rotatable bonds is 8. The van der Waals surface area contributed by atoms with E-state index >= 15 is 0 Å². The monoisotopic (exact) mass is 548 g/mol. The molecule has 9 nitrogen and oxygen atoms in total. The summed E-state index contributed by atoms with van der Waals surface area (Å²) in [4.78, 5) is 22.8. The molecule has 0 atom stereocenters. The Balaban J connectivity index is 1.44. The number of hydrogen-bond donors (Lipinski definition) is 4. The van der Waals surface area contributed by atoms with Crippen molar-refractivity contribution in [2.75, 3.05) is 24.7 Å². The second kappa shape index (κ2) is 10.4. The number of benzene rings is 4. The fourth-order valence-corrected chi connectivity index (χ4v) is 4.34. The molecule has 1 heterocycles. The van der Waals surface area contributed by atoms with Crippen molar-refractivity contribution < 1.29 is 37.7 Å². The number of phenolic OH excluding ortho intramolecular Hbond substituents is 1. The van der Waals surface area contributed by atoms with Crippen molar-refractivity contribution in [2.45, 2.75) is 6.42 Å². The molecule has 5 rings (SSSR count). The van der Waals surface area contributed by atoms with Crippen molar-refractivity contribution in [1.82, 2.24) is 0 Å². The number of hydrogen-bond acceptors (Lipinski definition) is 8. The number of carboxylic acid groups (broad SMARTS) is 1. The molecular formula is C29H22F2N2O7. The topological polar surface area (TPSA) is 158 Å². The largest absolute Gasteiger partial charge is 0.505 e. The van der Waals surface area contributed by atoms with Crippen molar-refractivity contribution in [2.24, 2.45) is 0 Å². The van der Waals surface area contributed by atoms with Crippen molar-refractivity contribution in [1.29, 1.82) is 0 Å². The number of phenols is 1. The lowest BCUT2D eigenvalue weighted by Crippen LogP contribution is -2.11. The average Bonchev–Trinajstić information content (AvgIpc) is 2.89. The minimum atomic E-state index is -1.01. The van der Waals surface area contributed by atoms with Crippen LogP contribution in [-0.4, -0.2) is 29.4 Å². The van der Waals surface area contributed by atoms with E-state index in [2.05, 4.69) is 0 Å². The van der Waals surface area contributed by atoms with E-state index in [4.69, 9.17) is 30.5 Å². The van der Waals surface area contributed by atoms with Gasteiger partial charge >= 0.3 is 5.97 Å². The maximum Gasteiger partial charge on any atom is 0.307 e. The van der Waals surface area contributed by atoms with Crippen LogP contribution in [0, 0.1) is 11.6 Å². The van der Waals surface area contributed by atoms with Crippen LogP contribution in [0.1, 0.15) is 5.56 Å². The first-order valence-corrected chi connectivity index (χ1v) is 11.9. The minimum absolute atomic E-state index is 0.0413. The van der Waals surface area contributed by atoms with Gasteiger partial charge in [0.2, 0.25) is 5.43 Å². The van der Waals surface area contributed by atoms with E-state index in [0.717, 1.165) is 24.3 Å². The number of carboxylic acids is 1. The molecule has 3 aromatic rings. The zero-order chi connectivity index (χ0) is 28.6. The smallest absolute Gasteiger partial charge is 0.307 e. The molecule has 0 unspecified atom stereocenters. The molecule has 40 heavy (non-hydrogen) atoms. The van der Waals surface area contributed by atoms with Crippen LogP contribution < -0.4 is 26.4 Å². The molecule has 6 N–H and O–H groups in total. The number of anilines is 2. The summed E-state index contributed by atoms with van der Waals surface area (Å²) in [7, 11) is 0. The molecule has 0 amide bonds. The lowest BCUT2D eigenvalue weighted by molar-refractivity contribution is -0.136. The van der Waals surface area contributed by atoms with Crippen LogP contribution in [0.3, 0.4) is 0 Å². The van der Waals surface area contributed by atoms with Gasteiger partial charge in [0.15, 0.2) is 17.4 Å². The van der Waals surface area contributed by atoms with Crippen LogP contribution in [-0.2, 0) is 11.2 Å². The number of ether oxygens (including phenoxy) is 2. The van der Waals surface area contributed by atoms with Crippen molar-refractivity contribution in [3.8, 4) is 39.7 Å². The Hall–Kier alpha value is -5.32. The van der Waals surface area contributed by atoms with E-state index in [0.29, 0.717) is 22.4 Å². The van der Waals surface area contributed by atoms with Gasteiger partial charge in [0, 0.05) is 28.6 Å². The standard InChI is InChI=1S/C29H22F2N2O7/c30-18-10-16-25(12-22(18)34)40-26-13-23(35)19(31)11-17(26)29(16)15-2-3-20(32)27(9-15)39-6-5-38-24-4-1-14(7-21(24)33)8-28(36)37/h1-4,7,9-13,34H,5-6,8,32-33H2,(H,36,37). The molecule has 0 saturated carbocycles. The molecule has 1 aliphatic heterocycles. The highest BCUT2D eigenvalue weighted by Gasteiger charge is 2.22. The summed E-state index contributed by atoms with van der Waals surface area (Å²) >= 11 is 0. The number of aliphatic carboxylic acids is 1. The summed E-state index contributed by atoms with van der Waals surface area (Å²) in [6.45, 7) is 0.121. The zero-order valence-electron chi connectivity index (χ0n) is 20.7. The van der Waals surface area contributed by atoms with Crippen LogP contribution in [0.5, 0.6) is 17.2 Å². The fourth-order valence-electron chi connectivity index (χ4n) is 4.34. The predicted octanol–water partition coefficient (Wildman–Crippen LogP) is 4.80. The number of carbonyl (C=O) groups is 1. The average molecular weight is 548 g/mol. The Morgan fingerprint density at radius 2 is 1.62 bits per heavy atom. The van der Waals surface area contributed by atoms with Crippen molar-refractivity contribution >= 4 is 28.3 Å². The van der Waals surface area contributed by atoms with E-state index in [-0.39, 0.29) is 59.1 Å².